The van der Waals surface area contributed by atoms with Crippen molar-refractivity contribution in [3.8, 4) is 17.5 Å². The van der Waals surface area contributed by atoms with E-state index < -0.39 is 11.5 Å². The number of nitriles is 1. The van der Waals surface area contributed by atoms with Crippen molar-refractivity contribution in [2.75, 3.05) is 7.11 Å². The Morgan fingerprint density at radius 3 is 2.48 bits per heavy atom. The molecule has 1 N–H and O–H groups in total. The Bertz CT molecular complexity index is 1220. The summed E-state index contributed by atoms with van der Waals surface area (Å²) in [6, 6.07) is 16.2. The second-order valence-corrected chi connectivity index (χ2v) is 6.67. The molecule has 0 bridgehead atoms. The van der Waals surface area contributed by atoms with Gasteiger partial charge >= 0.3 is 0 Å². The lowest BCUT2D eigenvalue weighted by Gasteiger charge is -2.11. The highest BCUT2D eigenvalue weighted by Gasteiger charge is 2.20. The zero-order chi connectivity index (χ0) is 22.4. The number of hydrogen-bond donors (Lipinski definition) is 1. The van der Waals surface area contributed by atoms with Gasteiger partial charge in [-0.25, -0.2) is 5.43 Å². The number of rotatable bonds is 6. The molecule has 0 aliphatic carbocycles. The van der Waals surface area contributed by atoms with Crippen LogP contribution in [-0.4, -0.2) is 29.0 Å². The molecule has 2 aromatic carbocycles. The van der Waals surface area contributed by atoms with Crippen LogP contribution in [0.4, 0.5) is 0 Å². The standard InChI is InChI=1S/C23H21N5O3/c1-4-16-5-9-18(10-6-16)28-23(30)20(13-24)15(2)21(27-28)22(29)26-25-14-17-7-11-19(31-3)12-8-17/h5-12,14H,4H2,1-3H3,(H,26,29)/b25-14+. The monoisotopic (exact) mass is 415 g/mol. The predicted octanol–water partition coefficient (Wildman–Crippen LogP) is 2.75. The lowest BCUT2D eigenvalue weighted by Crippen LogP contribution is -2.31. The van der Waals surface area contributed by atoms with Crippen LogP contribution in [0.25, 0.3) is 5.69 Å². The molecule has 1 heterocycles. The molecule has 0 saturated carbocycles. The van der Waals surface area contributed by atoms with E-state index in [0.717, 1.165) is 22.2 Å². The van der Waals surface area contributed by atoms with Crippen LogP contribution in [0, 0.1) is 18.3 Å². The van der Waals surface area contributed by atoms with E-state index in [4.69, 9.17) is 4.74 Å². The van der Waals surface area contributed by atoms with E-state index in [0.29, 0.717) is 11.4 Å². The number of aryl methyl sites for hydroxylation is 1. The molecule has 0 aliphatic rings. The summed E-state index contributed by atoms with van der Waals surface area (Å²) in [7, 11) is 1.58. The zero-order valence-corrected chi connectivity index (χ0v) is 17.4. The quantitative estimate of drug-likeness (QED) is 0.492. The normalized spacial score (nSPS) is 10.6. The molecule has 0 aliphatic heterocycles. The van der Waals surface area contributed by atoms with Gasteiger partial charge in [0.1, 0.15) is 17.4 Å². The Morgan fingerprint density at radius 2 is 1.90 bits per heavy atom. The SMILES string of the molecule is CCc1ccc(-n2nc(C(=O)N/N=C/c3ccc(OC)cc3)c(C)c(C#N)c2=O)cc1. The Kier molecular flexibility index (Phi) is 6.58. The van der Waals surface area contributed by atoms with E-state index >= 15 is 0 Å². The van der Waals surface area contributed by atoms with Gasteiger partial charge < -0.3 is 4.74 Å². The minimum absolute atomic E-state index is 0.0531. The molecular formula is C23H21N5O3. The van der Waals surface area contributed by atoms with Crippen LogP contribution >= 0.6 is 0 Å². The molecule has 0 fully saturated rings. The second kappa shape index (κ2) is 9.50. The van der Waals surface area contributed by atoms with E-state index in [1.54, 1.807) is 43.5 Å². The van der Waals surface area contributed by atoms with E-state index in [9.17, 15) is 14.9 Å². The summed E-state index contributed by atoms with van der Waals surface area (Å²) >= 11 is 0. The molecule has 8 nitrogen and oxygen atoms in total. The van der Waals surface area contributed by atoms with Gasteiger partial charge in [-0.05, 0) is 60.9 Å². The van der Waals surface area contributed by atoms with Gasteiger partial charge in [0, 0.05) is 5.56 Å². The maximum absolute atomic E-state index is 12.7. The van der Waals surface area contributed by atoms with Crippen molar-refractivity contribution < 1.29 is 9.53 Å². The van der Waals surface area contributed by atoms with Crippen molar-refractivity contribution >= 4 is 12.1 Å². The molecule has 3 aromatic rings. The summed E-state index contributed by atoms with van der Waals surface area (Å²) in [5, 5.41) is 17.6. The van der Waals surface area contributed by atoms with Crippen LogP contribution < -0.4 is 15.7 Å². The van der Waals surface area contributed by atoms with Crippen molar-refractivity contribution in [3.63, 3.8) is 0 Å². The summed E-state index contributed by atoms with van der Waals surface area (Å²) < 4.78 is 6.16. The summed E-state index contributed by atoms with van der Waals surface area (Å²) in [5.41, 5.74) is 4.14. The number of carbonyl (C=O) groups is 1. The third-order valence-corrected chi connectivity index (χ3v) is 4.75. The summed E-state index contributed by atoms with van der Waals surface area (Å²) in [6.07, 6.45) is 2.32. The van der Waals surface area contributed by atoms with Crippen LogP contribution in [0.15, 0.2) is 58.4 Å². The number of benzene rings is 2. The molecule has 0 atom stereocenters. The van der Waals surface area contributed by atoms with Crippen molar-refractivity contribution in [1.29, 1.82) is 5.26 Å². The summed E-state index contributed by atoms with van der Waals surface area (Å²) in [5.74, 6) is 0.0805. The third-order valence-electron chi connectivity index (χ3n) is 4.75. The van der Waals surface area contributed by atoms with Gasteiger partial charge in [-0.1, -0.05) is 19.1 Å². The molecule has 0 radical (unpaired) electrons. The minimum atomic E-state index is -0.627. The number of nitrogens with one attached hydrogen (secondary N) is 1. The Morgan fingerprint density at radius 1 is 1.23 bits per heavy atom. The van der Waals surface area contributed by atoms with E-state index in [1.807, 2.05) is 25.1 Å². The highest BCUT2D eigenvalue weighted by molar-refractivity contribution is 5.94. The lowest BCUT2D eigenvalue weighted by molar-refractivity contribution is 0.0947. The molecule has 0 spiro atoms. The van der Waals surface area contributed by atoms with Gasteiger partial charge in [-0.15, -0.1) is 0 Å². The number of amides is 1. The van der Waals surface area contributed by atoms with Gasteiger partial charge in [0.15, 0.2) is 5.69 Å². The van der Waals surface area contributed by atoms with Crippen molar-refractivity contribution in [3.05, 3.63) is 86.8 Å². The maximum atomic E-state index is 12.7. The first kappa shape index (κ1) is 21.5. The predicted molar refractivity (Wildman–Crippen MR) is 117 cm³/mol. The van der Waals surface area contributed by atoms with Crippen LogP contribution in [0.3, 0.4) is 0 Å². The van der Waals surface area contributed by atoms with Gasteiger partial charge in [-0.3, -0.25) is 9.59 Å². The van der Waals surface area contributed by atoms with Crippen LogP contribution in [0.1, 0.15) is 39.7 Å². The van der Waals surface area contributed by atoms with Crippen molar-refractivity contribution in [2.24, 2.45) is 5.10 Å². The minimum Gasteiger partial charge on any atom is -0.497 e. The molecule has 3 rings (SSSR count). The van der Waals surface area contributed by atoms with Crippen LogP contribution in [0.5, 0.6) is 5.75 Å². The van der Waals surface area contributed by atoms with Gasteiger partial charge in [0.05, 0.1) is 19.0 Å². The lowest BCUT2D eigenvalue weighted by atomic mass is 10.1. The van der Waals surface area contributed by atoms with Crippen LogP contribution in [-0.2, 0) is 6.42 Å². The van der Waals surface area contributed by atoms with Crippen LogP contribution in [0.2, 0.25) is 0 Å². The molecule has 1 aromatic heterocycles. The highest BCUT2D eigenvalue weighted by atomic mass is 16.5. The largest absolute Gasteiger partial charge is 0.497 e. The molecule has 156 valence electrons. The number of nitrogens with zero attached hydrogens (tertiary/aromatic N) is 4. The second-order valence-electron chi connectivity index (χ2n) is 6.67. The third kappa shape index (κ3) is 4.67. The van der Waals surface area contributed by atoms with Gasteiger partial charge in [-0.2, -0.15) is 20.1 Å². The number of methoxy groups -OCH3 is 1. The first-order valence-corrected chi connectivity index (χ1v) is 9.59. The molecule has 8 heteroatoms. The van der Waals surface area contributed by atoms with Crippen molar-refractivity contribution in [2.45, 2.75) is 20.3 Å². The molecular weight excluding hydrogens is 394 g/mol. The first-order chi connectivity index (χ1) is 15.0. The highest BCUT2D eigenvalue weighted by Crippen LogP contribution is 2.12. The Balaban J connectivity index is 1.91. The maximum Gasteiger partial charge on any atom is 0.292 e. The number of aromatic nitrogens is 2. The number of hydrazone groups is 1. The molecule has 0 saturated heterocycles. The van der Waals surface area contributed by atoms with Crippen molar-refractivity contribution in [1.82, 2.24) is 15.2 Å². The fraction of sp³-hybridized carbons (Fsp3) is 0.174. The Labute approximate surface area is 179 Å². The fourth-order valence-corrected chi connectivity index (χ4v) is 2.91. The number of hydrogen-bond acceptors (Lipinski definition) is 6. The van der Waals surface area contributed by atoms with Gasteiger partial charge in [0.25, 0.3) is 11.5 Å². The fourth-order valence-electron chi connectivity index (χ4n) is 2.91. The van der Waals surface area contributed by atoms with E-state index in [1.165, 1.54) is 13.1 Å². The summed E-state index contributed by atoms with van der Waals surface area (Å²) in [6.45, 7) is 3.54. The molecule has 31 heavy (non-hydrogen) atoms. The zero-order valence-electron chi connectivity index (χ0n) is 17.4. The average Bonchev–Trinajstić information content (AvgIpc) is 2.80. The molecule has 0 unspecified atom stereocenters. The number of carbonyl (C=O) groups excluding carboxylic acids is 1. The average molecular weight is 415 g/mol. The molecule has 1 amide bonds. The topological polar surface area (TPSA) is 109 Å². The van der Waals surface area contributed by atoms with Gasteiger partial charge in [0.2, 0.25) is 0 Å². The first-order valence-electron chi connectivity index (χ1n) is 9.59. The smallest absolute Gasteiger partial charge is 0.292 e. The number of ether oxygens (including phenoxy) is 1. The van der Waals surface area contributed by atoms with E-state index in [-0.39, 0.29) is 16.8 Å². The Hall–Kier alpha value is -4.25. The summed E-state index contributed by atoms with van der Waals surface area (Å²) in [4.78, 5) is 25.4. The van der Waals surface area contributed by atoms with E-state index in [2.05, 4.69) is 15.6 Å².